The molecule has 0 radical (unpaired) electrons. The lowest BCUT2D eigenvalue weighted by Gasteiger charge is -2.25. The Bertz CT molecular complexity index is 885. The predicted molar refractivity (Wildman–Crippen MR) is 97.8 cm³/mol. The average molecular weight is 351 g/mol. The lowest BCUT2D eigenvalue weighted by atomic mass is 10.0. The first-order valence-corrected chi connectivity index (χ1v) is 8.39. The van der Waals surface area contributed by atoms with E-state index in [1.807, 2.05) is 19.1 Å². The third-order valence-electron chi connectivity index (χ3n) is 4.35. The Balaban J connectivity index is 1.68. The molecule has 0 aliphatic carbocycles. The number of carbonyl (C=O) groups excluding carboxylic acids is 1. The fraction of sp³-hybridized carbons (Fsp3) is 0.250. The first-order chi connectivity index (χ1) is 12.4. The molecule has 0 fully saturated rings. The van der Waals surface area contributed by atoms with Crippen molar-refractivity contribution in [3.8, 4) is 17.2 Å². The number of hydrogen-bond donors (Lipinski definition) is 1. The highest BCUT2D eigenvalue weighted by Gasteiger charge is 2.18. The Morgan fingerprint density at radius 2 is 1.77 bits per heavy atom. The van der Waals surface area contributed by atoms with Crippen LogP contribution >= 0.6 is 0 Å². The van der Waals surface area contributed by atoms with Gasteiger partial charge < -0.3 is 14.4 Å². The van der Waals surface area contributed by atoms with E-state index < -0.39 is 0 Å². The minimum atomic E-state index is -0.0514. The van der Waals surface area contributed by atoms with E-state index in [0.717, 1.165) is 11.1 Å². The van der Waals surface area contributed by atoms with Crippen LogP contribution in [0.1, 0.15) is 28.7 Å². The fourth-order valence-electron chi connectivity index (χ4n) is 2.68. The quantitative estimate of drug-likeness (QED) is 0.761. The molecule has 0 saturated carbocycles. The summed E-state index contributed by atoms with van der Waals surface area (Å²) in [6, 6.07) is 14.2. The van der Waals surface area contributed by atoms with E-state index in [0.29, 0.717) is 23.8 Å². The number of rotatable bonds is 5. The zero-order valence-electron chi connectivity index (χ0n) is 15.0. The van der Waals surface area contributed by atoms with Crippen LogP contribution < -0.4 is 0 Å². The summed E-state index contributed by atoms with van der Waals surface area (Å²) >= 11 is 0. The van der Waals surface area contributed by atoms with E-state index in [2.05, 4.69) is 10.2 Å². The summed E-state index contributed by atoms with van der Waals surface area (Å²) in [7, 11) is 1.79. The molecular formula is C20H21N3O3. The van der Waals surface area contributed by atoms with E-state index in [1.165, 1.54) is 0 Å². The number of aryl methyl sites for hydroxylation is 1. The van der Waals surface area contributed by atoms with Crippen molar-refractivity contribution in [1.29, 1.82) is 0 Å². The molecule has 2 aromatic carbocycles. The molecule has 6 nitrogen and oxygen atoms in total. The van der Waals surface area contributed by atoms with Gasteiger partial charge in [-0.3, -0.25) is 4.79 Å². The Morgan fingerprint density at radius 1 is 1.12 bits per heavy atom. The van der Waals surface area contributed by atoms with Crippen molar-refractivity contribution in [2.45, 2.75) is 26.3 Å². The van der Waals surface area contributed by atoms with Gasteiger partial charge in [0.05, 0.1) is 0 Å². The third kappa shape index (κ3) is 3.91. The molecule has 0 aliphatic rings. The van der Waals surface area contributed by atoms with Crippen molar-refractivity contribution in [2.24, 2.45) is 0 Å². The smallest absolute Gasteiger partial charge is 0.253 e. The van der Waals surface area contributed by atoms with Gasteiger partial charge in [0.15, 0.2) is 0 Å². The summed E-state index contributed by atoms with van der Waals surface area (Å²) in [4.78, 5) is 14.4. The van der Waals surface area contributed by atoms with E-state index in [1.54, 1.807) is 55.3 Å². The maximum atomic E-state index is 12.7. The Kier molecular flexibility index (Phi) is 5.02. The summed E-state index contributed by atoms with van der Waals surface area (Å²) in [5, 5.41) is 17.2. The predicted octanol–water partition coefficient (Wildman–Crippen LogP) is 3.45. The molecule has 134 valence electrons. The van der Waals surface area contributed by atoms with Gasteiger partial charge in [-0.15, -0.1) is 10.2 Å². The number of aromatic nitrogens is 2. The van der Waals surface area contributed by atoms with Crippen molar-refractivity contribution >= 4 is 5.91 Å². The number of nitrogens with zero attached hydrogens (tertiary/aromatic N) is 3. The first kappa shape index (κ1) is 17.7. The van der Waals surface area contributed by atoms with Gasteiger partial charge in [0, 0.05) is 31.1 Å². The van der Waals surface area contributed by atoms with Crippen LogP contribution in [-0.2, 0) is 6.42 Å². The number of hydrogen-bond acceptors (Lipinski definition) is 5. The molecule has 1 amide bonds. The number of amides is 1. The van der Waals surface area contributed by atoms with Crippen molar-refractivity contribution in [3.05, 3.63) is 65.5 Å². The molecule has 0 saturated heterocycles. The summed E-state index contributed by atoms with van der Waals surface area (Å²) in [6.45, 7) is 3.74. The highest BCUT2D eigenvalue weighted by Crippen LogP contribution is 2.19. The second-order valence-electron chi connectivity index (χ2n) is 6.34. The molecular weight excluding hydrogens is 330 g/mol. The third-order valence-corrected chi connectivity index (χ3v) is 4.35. The Labute approximate surface area is 152 Å². The second kappa shape index (κ2) is 7.39. The molecule has 1 heterocycles. The van der Waals surface area contributed by atoms with Gasteiger partial charge >= 0.3 is 0 Å². The van der Waals surface area contributed by atoms with Crippen LogP contribution in [0.2, 0.25) is 0 Å². The largest absolute Gasteiger partial charge is 0.508 e. The molecule has 0 bridgehead atoms. The molecule has 1 atom stereocenters. The van der Waals surface area contributed by atoms with Gasteiger partial charge in [-0.1, -0.05) is 12.1 Å². The molecule has 1 N–H and O–H groups in total. The van der Waals surface area contributed by atoms with Crippen LogP contribution in [0.5, 0.6) is 5.75 Å². The summed E-state index contributed by atoms with van der Waals surface area (Å²) in [6.07, 6.45) is 0.710. The summed E-state index contributed by atoms with van der Waals surface area (Å²) < 4.78 is 5.39. The van der Waals surface area contributed by atoms with Gasteiger partial charge in [0.25, 0.3) is 5.91 Å². The lowest BCUT2D eigenvalue weighted by Crippen LogP contribution is -2.36. The van der Waals surface area contributed by atoms with E-state index >= 15 is 0 Å². The van der Waals surface area contributed by atoms with Crippen molar-refractivity contribution < 1.29 is 14.3 Å². The van der Waals surface area contributed by atoms with Crippen LogP contribution in [-0.4, -0.2) is 39.2 Å². The maximum absolute atomic E-state index is 12.7. The maximum Gasteiger partial charge on any atom is 0.253 e. The minimum absolute atomic E-state index is 0.0188. The number of likely N-dealkylation sites (N-methyl/N-ethyl adjacent to an activating group) is 1. The number of benzene rings is 2. The monoisotopic (exact) mass is 351 g/mol. The van der Waals surface area contributed by atoms with Crippen molar-refractivity contribution in [1.82, 2.24) is 15.1 Å². The molecule has 1 aromatic heterocycles. The SMILES string of the molecule is Cc1nnc(-c2ccc(C(=O)N(C)[C@@H](C)Cc3ccc(O)cc3)cc2)o1. The van der Waals surface area contributed by atoms with Crippen LogP contribution in [0.4, 0.5) is 0 Å². The zero-order valence-corrected chi connectivity index (χ0v) is 15.0. The van der Waals surface area contributed by atoms with Gasteiger partial charge in [0.2, 0.25) is 11.8 Å². The van der Waals surface area contributed by atoms with Gasteiger partial charge in [-0.25, -0.2) is 0 Å². The molecule has 3 rings (SSSR count). The minimum Gasteiger partial charge on any atom is -0.508 e. The average Bonchev–Trinajstić information content (AvgIpc) is 3.09. The van der Waals surface area contributed by atoms with Crippen LogP contribution in [0.3, 0.4) is 0 Å². The summed E-state index contributed by atoms with van der Waals surface area (Å²) in [5.74, 6) is 1.13. The lowest BCUT2D eigenvalue weighted by molar-refractivity contribution is 0.0743. The first-order valence-electron chi connectivity index (χ1n) is 8.39. The highest BCUT2D eigenvalue weighted by atomic mass is 16.4. The molecule has 3 aromatic rings. The molecule has 0 spiro atoms. The zero-order chi connectivity index (χ0) is 18.7. The topological polar surface area (TPSA) is 79.5 Å². The van der Waals surface area contributed by atoms with Crippen LogP contribution in [0, 0.1) is 6.92 Å². The standard InChI is InChI=1S/C20H21N3O3/c1-13(12-15-4-10-18(24)11-5-15)23(3)20(25)17-8-6-16(7-9-17)19-22-21-14(2)26-19/h4-11,13,24H,12H2,1-3H3/t13-/m0/s1. The van der Waals surface area contributed by atoms with Gasteiger partial charge in [-0.2, -0.15) is 0 Å². The van der Waals surface area contributed by atoms with E-state index in [4.69, 9.17) is 4.42 Å². The van der Waals surface area contributed by atoms with Crippen LogP contribution in [0.25, 0.3) is 11.5 Å². The number of phenolic OH excluding ortho intramolecular Hbond substituents is 1. The summed E-state index contributed by atoms with van der Waals surface area (Å²) in [5.41, 5.74) is 2.45. The number of carbonyl (C=O) groups is 1. The number of aromatic hydroxyl groups is 1. The van der Waals surface area contributed by atoms with Crippen molar-refractivity contribution in [2.75, 3.05) is 7.05 Å². The molecule has 0 unspecified atom stereocenters. The van der Waals surface area contributed by atoms with Crippen LogP contribution in [0.15, 0.2) is 52.9 Å². The Hall–Kier alpha value is -3.15. The molecule has 26 heavy (non-hydrogen) atoms. The fourth-order valence-corrected chi connectivity index (χ4v) is 2.68. The number of phenols is 1. The normalized spacial score (nSPS) is 12.0. The highest BCUT2D eigenvalue weighted by molar-refractivity contribution is 5.94. The van der Waals surface area contributed by atoms with E-state index in [9.17, 15) is 9.90 Å². The van der Waals surface area contributed by atoms with E-state index in [-0.39, 0.29) is 17.7 Å². The van der Waals surface area contributed by atoms with Crippen molar-refractivity contribution in [3.63, 3.8) is 0 Å². The van der Waals surface area contributed by atoms with Gasteiger partial charge in [-0.05, 0) is 55.3 Å². The molecule has 0 aliphatic heterocycles. The molecule has 6 heteroatoms. The Morgan fingerprint density at radius 3 is 2.35 bits per heavy atom. The second-order valence-corrected chi connectivity index (χ2v) is 6.34. The van der Waals surface area contributed by atoms with Gasteiger partial charge in [0.1, 0.15) is 5.75 Å².